The van der Waals surface area contributed by atoms with Crippen LogP contribution in [0, 0.1) is 11.8 Å². The molecule has 0 aromatic heterocycles. The van der Waals surface area contributed by atoms with Gasteiger partial charge in [-0.15, -0.1) is 0 Å². The van der Waals surface area contributed by atoms with E-state index in [0.29, 0.717) is 37.8 Å². The van der Waals surface area contributed by atoms with Gasteiger partial charge in [-0.05, 0) is 31.6 Å². The molecule has 1 aliphatic heterocycles. The number of carbonyl (C=O) groups excluding carboxylic acids is 2. The quantitative estimate of drug-likeness (QED) is 0.790. The number of rotatable bonds is 4. The third kappa shape index (κ3) is 5.19. The highest BCUT2D eigenvalue weighted by molar-refractivity contribution is 5.79. The first-order chi connectivity index (χ1) is 8.93. The average molecular weight is 270 g/mol. The minimum Gasteiger partial charge on any atom is -0.465 e. The number of hydrogen-bond donors (Lipinski definition) is 1. The van der Waals surface area contributed by atoms with Crippen molar-refractivity contribution >= 4 is 11.9 Å². The maximum absolute atomic E-state index is 12.1. The Morgan fingerprint density at radius 1 is 1.42 bits per heavy atom. The van der Waals surface area contributed by atoms with Crippen molar-refractivity contribution in [2.45, 2.75) is 53.0 Å². The Bertz CT molecular complexity index is 318. The lowest BCUT2D eigenvalue weighted by Gasteiger charge is -2.25. The molecule has 1 heterocycles. The highest BCUT2D eigenvalue weighted by Gasteiger charge is 2.29. The Morgan fingerprint density at radius 2 is 2.11 bits per heavy atom. The number of esters is 1. The van der Waals surface area contributed by atoms with E-state index < -0.39 is 6.04 Å². The van der Waals surface area contributed by atoms with Crippen LogP contribution >= 0.6 is 0 Å². The first-order valence-corrected chi connectivity index (χ1v) is 7.17. The molecule has 1 aliphatic rings. The van der Waals surface area contributed by atoms with Crippen molar-refractivity contribution in [3.8, 4) is 0 Å². The molecule has 1 rings (SSSR count). The van der Waals surface area contributed by atoms with Crippen LogP contribution < -0.4 is 5.43 Å². The predicted octanol–water partition coefficient (Wildman–Crippen LogP) is 1.73. The van der Waals surface area contributed by atoms with Gasteiger partial charge in [0.25, 0.3) is 0 Å². The Labute approximate surface area is 115 Å². The summed E-state index contributed by atoms with van der Waals surface area (Å²) >= 11 is 0. The van der Waals surface area contributed by atoms with Crippen LogP contribution in [0.2, 0.25) is 0 Å². The van der Waals surface area contributed by atoms with Gasteiger partial charge in [-0.1, -0.05) is 20.8 Å². The van der Waals surface area contributed by atoms with Gasteiger partial charge in [-0.2, -0.15) is 0 Å². The number of amides is 1. The maximum atomic E-state index is 12.1. The molecule has 110 valence electrons. The standard InChI is InChI=1S/C14H26N2O3/c1-5-19-14(18)12-9-11(4)6-7-16(15-12)13(17)8-10(2)3/h10-12,15H,5-9H2,1-4H3/t11-,12-/m0/s1. The minimum atomic E-state index is -0.409. The summed E-state index contributed by atoms with van der Waals surface area (Å²) in [5.74, 6) is 0.506. The molecule has 0 aliphatic carbocycles. The van der Waals surface area contributed by atoms with Gasteiger partial charge in [0.05, 0.1) is 6.61 Å². The van der Waals surface area contributed by atoms with Crippen molar-refractivity contribution in [2.24, 2.45) is 11.8 Å². The van der Waals surface area contributed by atoms with Crippen LogP contribution in [0.25, 0.3) is 0 Å². The molecule has 0 unspecified atom stereocenters. The van der Waals surface area contributed by atoms with Crippen LogP contribution in [0.1, 0.15) is 47.0 Å². The highest BCUT2D eigenvalue weighted by Crippen LogP contribution is 2.17. The van der Waals surface area contributed by atoms with E-state index in [1.807, 2.05) is 13.8 Å². The van der Waals surface area contributed by atoms with Crippen molar-refractivity contribution in [1.29, 1.82) is 0 Å². The van der Waals surface area contributed by atoms with Gasteiger partial charge >= 0.3 is 5.97 Å². The molecule has 1 N–H and O–H groups in total. The molecule has 0 spiro atoms. The lowest BCUT2D eigenvalue weighted by Crippen LogP contribution is -2.50. The van der Waals surface area contributed by atoms with E-state index in [9.17, 15) is 9.59 Å². The molecule has 5 heteroatoms. The second-order valence-electron chi connectivity index (χ2n) is 5.71. The fraction of sp³-hybridized carbons (Fsp3) is 0.857. The second kappa shape index (κ2) is 7.48. The summed E-state index contributed by atoms with van der Waals surface area (Å²) in [6.45, 7) is 8.94. The van der Waals surface area contributed by atoms with Crippen molar-refractivity contribution in [3.63, 3.8) is 0 Å². The fourth-order valence-corrected chi connectivity index (χ4v) is 2.22. The van der Waals surface area contributed by atoms with Crippen molar-refractivity contribution in [3.05, 3.63) is 0 Å². The molecule has 1 fully saturated rings. The van der Waals surface area contributed by atoms with Crippen molar-refractivity contribution in [1.82, 2.24) is 10.4 Å². The highest BCUT2D eigenvalue weighted by atomic mass is 16.5. The number of nitrogens with zero attached hydrogens (tertiary/aromatic N) is 1. The van der Waals surface area contributed by atoms with E-state index in [1.165, 1.54) is 0 Å². The Kier molecular flexibility index (Phi) is 6.28. The zero-order chi connectivity index (χ0) is 14.4. The van der Waals surface area contributed by atoms with Crippen molar-refractivity contribution in [2.75, 3.05) is 13.2 Å². The van der Waals surface area contributed by atoms with E-state index in [4.69, 9.17) is 4.74 Å². The summed E-state index contributed by atoms with van der Waals surface area (Å²) in [5.41, 5.74) is 3.05. The molecular formula is C14H26N2O3. The maximum Gasteiger partial charge on any atom is 0.324 e. The molecule has 0 radical (unpaired) electrons. The molecule has 0 aromatic carbocycles. The third-order valence-electron chi connectivity index (χ3n) is 3.25. The van der Waals surface area contributed by atoms with Gasteiger partial charge < -0.3 is 4.74 Å². The summed E-state index contributed by atoms with van der Waals surface area (Å²) in [5, 5.41) is 1.60. The summed E-state index contributed by atoms with van der Waals surface area (Å²) in [4.78, 5) is 24.0. The molecule has 0 bridgehead atoms. The first kappa shape index (κ1) is 16.0. The van der Waals surface area contributed by atoms with Gasteiger partial charge in [0.15, 0.2) is 0 Å². The molecule has 0 saturated carbocycles. The predicted molar refractivity (Wildman–Crippen MR) is 73.1 cm³/mol. The van der Waals surface area contributed by atoms with Crippen LogP contribution in [0.3, 0.4) is 0 Å². The first-order valence-electron chi connectivity index (χ1n) is 7.17. The van der Waals surface area contributed by atoms with Crippen LogP contribution in [0.4, 0.5) is 0 Å². The van der Waals surface area contributed by atoms with Crippen LogP contribution in [-0.4, -0.2) is 36.1 Å². The fourth-order valence-electron chi connectivity index (χ4n) is 2.22. The zero-order valence-corrected chi connectivity index (χ0v) is 12.4. The van der Waals surface area contributed by atoms with E-state index in [0.717, 1.165) is 6.42 Å². The molecule has 19 heavy (non-hydrogen) atoms. The third-order valence-corrected chi connectivity index (χ3v) is 3.25. The van der Waals surface area contributed by atoms with E-state index in [2.05, 4.69) is 12.3 Å². The van der Waals surface area contributed by atoms with Crippen LogP contribution in [-0.2, 0) is 14.3 Å². The summed E-state index contributed by atoms with van der Waals surface area (Å²) in [6.07, 6.45) is 2.12. The number of ether oxygens (including phenoxy) is 1. The van der Waals surface area contributed by atoms with Gasteiger partial charge in [0, 0.05) is 13.0 Å². The minimum absolute atomic E-state index is 0.0541. The Morgan fingerprint density at radius 3 is 2.68 bits per heavy atom. The molecule has 1 amide bonds. The van der Waals surface area contributed by atoms with Gasteiger partial charge in [0.1, 0.15) is 6.04 Å². The molecule has 2 atom stereocenters. The summed E-state index contributed by atoms with van der Waals surface area (Å²) < 4.78 is 5.06. The topological polar surface area (TPSA) is 58.6 Å². The monoisotopic (exact) mass is 270 g/mol. The number of carbonyl (C=O) groups is 2. The molecule has 5 nitrogen and oxygen atoms in total. The molecule has 1 saturated heterocycles. The summed E-state index contributed by atoms with van der Waals surface area (Å²) in [6, 6.07) is -0.409. The van der Waals surface area contributed by atoms with Gasteiger partial charge in [-0.3, -0.25) is 14.6 Å². The Balaban J connectivity index is 2.68. The zero-order valence-electron chi connectivity index (χ0n) is 12.4. The van der Waals surface area contributed by atoms with Crippen LogP contribution in [0.15, 0.2) is 0 Å². The lowest BCUT2D eigenvalue weighted by molar-refractivity contribution is -0.149. The largest absolute Gasteiger partial charge is 0.465 e. The SMILES string of the molecule is CCOC(=O)[C@@H]1C[C@@H](C)CCN(C(=O)CC(C)C)N1. The normalized spacial score (nSPS) is 24.2. The molecular weight excluding hydrogens is 244 g/mol. The van der Waals surface area contributed by atoms with Crippen LogP contribution in [0.5, 0.6) is 0 Å². The Hall–Kier alpha value is -1.10. The smallest absolute Gasteiger partial charge is 0.324 e. The number of hydrogen-bond acceptors (Lipinski definition) is 4. The van der Waals surface area contributed by atoms with E-state index in [1.54, 1.807) is 11.9 Å². The lowest BCUT2D eigenvalue weighted by atomic mass is 10.00. The summed E-state index contributed by atoms with van der Waals surface area (Å²) in [7, 11) is 0. The molecule has 0 aromatic rings. The van der Waals surface area contributed by atoms with E-state index in [-0.39, 0.29) is 11.9 Å². The van der Waals surface area contributed by atoms with Gasteiger partial charge in [0.2, 0.25) is 5.91 Å². The average Bonchev–Trinajstić information content (AvgIpc) is 2.50. The van der Waals surface area contributed by atoms with E-state index >= 15 is 0 Å². The van der Waals surface area contributed by atoms with Gasteiger partial charge in [-0.25, -0.2) is 5.43 Å². The van der Waals surface area contributed by atoms with Crippen molar-refractivity contribution < 1.29 is 14.3 Å². The number of hydrazine groups is 1. The second-order valence-corrected chi connectivity index (χ2v) is 5.71. The number of nitrogens with one attached hydrogen (secondary N) is 1.